The van der Waals surface area contributed by atoms with Gasteiger partial charge in [-0.25, -0.2) is 14.7 Å². The molecule has 0 atom stereocenters. The van der Waals surface area contributed by atoms with E-state index in [1.54, 1.807) is 42.4 Å². The van der Waals surface area contributed by atoms with E-state index in [1.165, 1.54) is 15.8 Å². The Bertz CT molecular complexity index is 1470. The molecule has 1 aliphatic heterocycles. The van der Waals surface area contributed by atoms with Crippen LogP contribution in [-0.4, -0.2) is 31.7 Å². The maximum atomic E-state index is 14.1. The third-order valence-electron chi connectivity index (χ3n) is 5.46. The molecule has 1 aliphatic rings. The molecule has 36 heavy (non-hydrogen) atoms. The van der Waals surface area contributed by atoms with E-state index in [2.05, 4.69) is 32.3 Å². The summed E-state index contributed by atoms with van der Waals surface area (Å²) in [6.45, 7) is 3.71. The van der Waals surface area contributed by atoms with Crippen molar-refractivity contribution in [2.24, 2.45) is 7.05 Å². The van der Waals surface area contributed by atoms with Crippen LogP contribution in [0.2, 0.25) is 0 Å². The monoisotopic (exact) mass is 484 g/mol. The van der Waals surface area contributed by atoms with Crippen LogP contribution in [0.3, 0.4) is 0 Å². The van der Waals surface area contributed by atoms with Crippen LogP contribution < -0.4 is 20.4 Å². The molecule has 2 aromatic heterocycles. The lowest BCUT2D eigenvalue weighted by Crippen LogP contribution is -2.45. The number of carbonyl (C=O) groups is 2. The molecule has 0 fully saturated rings. The van der Waals surface area contributed by atoms with E-state index in [-0.39, 0.29) is 30.1 Å². The Hall–Kier alpha value is -5.06. The Labute approximate surface area is 205 Å². The first-order valence-corrected chi connectivity index (χ1v) is 10.9. The highest BCUT2D eigenvalue weighted by atomic mass is 19.1. The Kier molecular flexibility index (Phi) is 5.87. The number of fused-ring (bicyclic) bond motifs is 1. The molecule has 4 aromatic rings. The highest BCUT2D eigenvalue weighted by Crippen LogP contribution is 2.37. The van der Waals surface area contributed by atoms with Gasteiger partial charge in [0.2, 0.25) is 11.9 Å². The number of carbonyl (C=O) groups excluding carboxylic acids is 2. The fourth-order valence-electron chi connectivity index (χ4n) is 3.84. The number of rotatable bonds is 6. The van der Waals surface area contributed by atoms with Gasteiger partial charge in [-0.3, -0.25) is 14.4 Å². The molecular formula is C25H21FN8O2. The standard InChI is InChI=1S/C25H21FN8O2/c1-3-21(35)28-17-8-7-11-19(12-17)34-23-16(14-33(25(34)36)18-9-5-4-6-10-18)13-27-24(30-23)29-20-15-32(2)31-22(20)26/h3-13,15H,1,14H2,2H3,(H,28,35)(H,27,29,30). The van der Waals surface area contributed by atoms with E-state index in [9.17, 15) is 14.0 Å². The van der Waals surface area contributed by atoms with E-state index >= 15 is 0 Å². The van der Waals surface area contributed by atoms with Gasteiger partial charge in [-0.05, 0) is 36.4 Å². The van der Waals surface area contributed by atoms with Crippen LogP contribution in [0.1, 0.15) is 5.56 Å². The van der Waals surface area contributed by atoms with Gasteiger partial charge in [0.15, 0.2) is 5.82 Å². The summed E-state index contributed by atoms with van der Waals surface area (Å²) in [5.41, 5.74) is 2.44. The van der Waals surface area contributed by atoms with Gasteiger partial charge in [-0.1, -0.05) is 30.8 Å². The third kappa shape index (κ3) is 4.37. The Morgan fingerprint density at radius 1 is 1.14 bits per heavy atom. The van der Waals surface area contributed by atoms with Crippen LogP contribution in [0.5, 0.6) is 0 Å². The number of halogens is 1. The maximum absolute atomic E-state index is 14.1. The number of anilines is 6. The smallest absolute Gasteiger partial charge is 0.322 e. The number of urea groups is 1. The fourth-order valence-corrected chi connectivity index (χ4v) is 3.84. The van der Waals surface area contributed by atoms with Crippen LogP contribution in [0.4, 0.5) is 43.7 Å². The van der Waals surface area contributed by atoms with E-state index in [4.69, 9.17) is 0 Å². The fraction of sp³-hybridized carbons (Fsp3) is 0.0800. The molecule has 0 saturated heterocycles. The zero-order valence-corrected chi connectivity index (χ0v) is 19.2. The van der Waals surface area contributed by atoms with Gasteiger partial charge in [0.25, 0.3) is 5.95 Å². The van der Waals surface area contributed by atoms with E-state index in [0.717, 1.165) is 6.08 Å². The molecule has 3 heterocycles. The second kappa shape index (κ2) is 9.29. The van der Waals surface area contributed by atoms with Crippen LogP contribution >= 0.6 is 0 Å². The van der Waals surface area contributed by atoms with Crippen molar-refractivity contribution in [2.75, 3.05) is 20.4 Å². The van der Waals surface area contributed by atoms with Crippen LogP contribution in [0.25, 0.3) is 0 Å². The Balaban J connectivity index is 1.59. The molecule has 3 amide bonds. The second-order valence-electron chi connectivity index (χ2n) is 7.96. The zero-order chi connectivity index (χ0) is 25.2. The molecule has 0 radical (unpaired) electrons. The number of nitrogens with one attached hydrogen (secondary N) is 2. The van der Waals surface area contributed by atoms with Crippen LogP contribution in [0, 0.1) is 5.95 Å². The SMILES string of the molecule is C=CC(=O)Nc1cccc(N2C(=O)N(c3ccccc3)Cc3cnc(Nc4cn(C)nc4F)nc32)c1. The Morgan fingerprint density at radius 2 is 1.92 bits per heavy atom. The average molecular weight is 484 g/mol. The van der Waals surface area contributed by atoms with Gasteiger partial charge in [-0.2, -0.15) is 9.37 Å². The van der Waals surface area contributed by atoms with Crippen molar-refractivity contribution in [3.63, 3.8) is 0 Å². The highest BCUT2D eigenvalue weighted by Gasteiger charge is 2.34. The molecular weight excluding hydrogens is 463 g/mol. The minimum atomic E-state index is -0.701. The van der Waals surface area contributed by atoms with Gasteiger partial charge in [-0.15, -0.1) is 5.10 Å². The molecule has 0 aliphatic carbocycles. The minimum Gasteiger partial charge on any atom is -0.322 e. The average Bonchev–Trinajstić information content (AvgIpc) is 3.20. The van der Waals surface area contributed by atoms with Gasteiger partial charge < -0.3 is 10.6 Å². The predicted octanol–water partition coefficient (Wildman–Crippen LogP) is 4.50. The molecule has 0 unspecified atom stereocenters. The molecule has 5 rings (SSSR count). The summed E-state index contributed by atoms with van der Waals surface area (Å²) < 4.78 is 15.4. The number of aryl methyl sites for hydroxylation is 1. The van der Waals surface area contributed by atoms with Crippen molar-refractivity contribution in [1.29, 1.82) is 0 Å². The van der Waals surface area contributed by atoms with Gasteiger partial charge in [0.05, 0.1) is 18.4 Å². The van der Waals surface area contributed by atoms with Crippen molar-refractivity contribution in [1.82, 2.24) is 19.7 Å². The van der Waals surface area contributed by atoms with Gasteiger partial charge >= 0.3 is 6.03 Å². The minimum absolute atomic E-state index is 0.0997. The molecule has 0 saturated carbocycles. The summed E-state index contributed by atoms with van der Waals surface area (Å²) in [6.07, 6.45) is 4.22. The molecule has 180 valence electrons. The lowest BCUT2D eigenvalue weighted by molar-refractivity contribution is -0.111. The maximum Gasteiger partial charge on any atom is 0.335 e. The third-order valence-corrected chi connectivity index (χ3v) is 5.46. The summed E-state index contributed by atoms with van der Waals surface area (Å²) >= 11 is 0. The largest absolute Gasteiger partial charge is 0.335 e. The summed E-state index contributed by atoms with van der Waals surface area (Å²) in [4.78, 5) is 37.5. The lowest BCUT2D eigenvalue weighted by Gasteiger charge is -2.36. The Morgan fingerprint density at radius 3 is 2.64 bits per heavy atom. The summed E-state index contributed by atoms with van der Waals surface area (Å²) in [7, 11) is 1.60. The molecule has 2 N–H and O–H groups in total. The molecule has 10 nitrogen and oxygen atoms in total. The number of para-hydroxylation sites is 1. The molecule has 11 heteroatoms. The number of amides is 3. The molecule has 2 aromatic carbocycles. The molecule has 0 spiro atoms. The number of aromatic nitrogens is 4. The summed E-state index contributed by atoms with van der Waals surface area (Å²) in [5, 5.41) is 9.19. The number of nitrogens with zero attached hydrogens (tertiary/aromatic N) is 6. The number of benzene rings is 2. The van der Waals surface area contributed by atoms with Crippen LogP contribution in [0.15, 0.2) is 79.6 Å². The van der Waals surface area contributed by atoms with E-state index in [1.807, 2.05) is 30.3 Å². The van der Waals surface area contributed by atoms with E-state index < -0.39 is 5.95 Å². The highest BCUT2D eigenvalue weighted by molar-refractivity contribution is 6.10. The van der Waals surface area contributed by atoms with Crippen molar-refractivity contribution in [3.05, 3.63) is 91.2 Å². The van der Waals surface area contributed by atoms with Crippen LogP contribution in [-0.2, 0) is 18.4 Å². The first-order chi connectivity index (χ1) is 17.4. The van der Waals surface area contributed by atoms with Crippen molar-refractivity contribution < 1.29 is 14.0 Å². The first kappa shape index (κ1) is 22.7. The summed E-state index contributed by atoms with van der Waals surface area (Å²) in [6, 6.07) is 15.7. The van der Waals surface area contributed by atoms with Gasteiger partial charge in [0.1, 0.15) is 5.69 Å². The second-order valence-corrected chi connectivity index (χ2v) is 7.96. The number of hydrogen-bond acceptors (Lipinski definition) is 6. The van der Waals surface area contributed by atoms with Gasteiger partial charge in [0, 0.05) is 30.2 Å². The van der Waals surface area contributed by atoms with E-state index in [0.29, 0.717) is 28.4 Å². The predicted molar refractivity (Wildman–Crippen MR) is 134 cm³/mol. The normalized spacial score (nSPS) is 12.8. The topological polar surface area (TPSA) is 108 Å². The number of hydrogen-bond donors (Lipinski definition) is 2. The molecule has 0 bridgehead atoms. The van der Waals surface area contributed by atoms with Crippen molar-refractivity contribution in [3.8, 4) is 0 Å². The lowest BCUT2D eigenvalue weighted by atomic mass is 10.1. The van der Waals surface area contributed by atoms with Crippen molar-refractivity contribution in [2.45, 2.75) is 6.54 Å². The zero-order valence-electron chi connectivity index (χ0n) is 19.2. The quantitative estimate of drug-likeness (QED) is 0.390. The first-order valence-electron chi connectivity index (χ1n) is 10.9. The van der Waals surface area contributed by atoms with Crippen molar-refractivity contribution >= 4 is 46.5 Å². The summed E-state index contributed by atoms with van der Waals surface area (Å²) in [5.74, 6) is -0.646.